The zero-order valence-corrected chi connectivity index (χ0v) is 12.9. The molecule has 0 fully saturated rings. The number of nitrogens with one attached hydrogen (secondary N) is 1. The van der Waals surface area contributed by atoms with E-state index in [0.717, 1.165) is 35.4 Å². The summed E-state index contributed by atoms with van der Waals surface area (Å²) in [5, 5.41) is 3.37. The normalized spacial score (nSPS) is 10.7. The maximum Gasteiger partial charge on any atom is 0.131 e. The van der Waals surface area contributed by atoms with Crippen LogP contribution >= 0.6 is 0 Å². The van der Waals surface area contributed by atoms with Crippen LogP contribution in [-0.2, 0) is 6.54 Å². The van der Waals surface area contributed by atoms with E-state index in [2.05, 4.69) is 12.2 Å². The summed E-state index contributed by atoms with van der Waals surface area (Å²) in [7, 11) is 1.64. The van der Waals surface area contributed by atoms with E-state index in [4.69, 9.17) is 4.74 Å². The first-order chi connectivity index (χ1) is 10.2. The standard InChI is InChI=1S/C18H22FNO/c1-4-9-20-12-14-11-15(21-3)6-7-16(14)17-10-13(2)5-8-18(17)19/h5-8,10-11,20H,4,9,12H2,1-3H3. The van der Waals surface area contributed by atoms with Gasteiger partial charge in [-0.1, -0.05) is 24.6 Å². The van der Waals surface area contributed by atoms with Crippen molar-refractivity contribution in [2.24, 2.45) is 0 Å². The van der Waals surface area contributed by atoms with Crippen LogP contribution in [0.15, 0.2) is 36.4 Å². The summed E-state index contributed by atoms with van der Waals surface area (Å²) in [6.45, 7) is 5.74. The highest BCUT2D eigenvalue weighted by atomic mass is 19.1. The minimum Gasteiger partial charge on any atom is -0.497 e. The molecule has 2 rings (SSSR count). The molecule has 0 saturated carbocycles. The highest BCUT2D eigenvalue weighted by Crippen LogP contribution is 2.30. The van der Waals surface area contributed by atoms with Gasteiger partial charge in [-0.25, -0.2) is 4.39 Å². The fourth-order valence-electron chi connectivity index (χ4n) is 2.35. The smallest absolute Gasteiger partial charge is 0.131 e. The number of hydrogen-bond acceptors (Lipinski definition) is 2. The van der Waals surface area contributed by atoms with Gasteiger partial charge in [0.25, 0.3) is 0 Å². The lowest BCUT2D eigenvalue weighted by atomic mass is 9.97. The van der Waals surface area contributed by atoms with Crippen molar-refractivity contribution in [3.05, 3.63) is 53.3 Å². The number of benzene rings is 2. The van der Waals surface area contributed by atoms with E-state index >= 15 is 0 Å². The molecule has 1 N–H and O–H groups in total. The first kappa shape index (κ1) is 15.5. The molecule has 2 aromatic rings. The molecule has 0 aliphatic rings. The van der Waals surface area contributed by atoms with Crippen LogP contribution in [0.4, 0.5) is 4.39 Å². The first-order valence-corrected chi connectivity index (χ1v) is 7.30. The topological polar surface area (TPSA) is 21.3 Å². The van der Waals surface area contributed by atoms with E-state index in [0.29, 0.717) is 12.1 Å². The fourth-order valence-corrected chi connectivity index (χ4v) is 2.35. The van der Waals surface area contributed by atoms with Crippen LogP contribution in [0, 0.1) is 12.7 Å². The Morgan fingerprint density at radius 1 is 1.10 bits per heavy atom. The van der Waals surface area contributed by atoms with Gasteiger partial charge in [-0.15, -0.1) is 0 Å². The van der Waals surface area contributed by atoms with Crippen molar-refractivity contribution >= 4 is 0 Å². The zero-order valence-electron chi connectivity index (χ0n) is 12.9. The Balaban J connectivity index is 2.43. The molecule has 0 atom stereocenters. The molecule has 0 bridgehead atoms. The Morgan fingerprint density at radius 2 is 1.90 bits per heavy atom. The van der Waals surface area contributed by atoms with Gasteiger partial charge >= 0.3 is 0 Å². The van der Waals surface area contributed by atoms with Crippen LogP contribution in [0.5, 0.6) is 5.75 Å². The molecule has 21 heavy (non-hydrogen) atoms. The summed E-state index contributed by atoms with van der Waals surface area (Å²) in [6.07, 6.45) is 1.07. The maximum atomic E-state index is 14.2. The van der Waals surface area contributed by atoms with E-state index in [9.17, 15) is 4.39 Å². The molecule has 2 aromatic carbocycles. The molecule has 112 valence electrons. The molecule has 3 heteroatoms. The lowest BCUT2D eigenvalue weighted by molar-refractivity contribution is 0.414. The molecule has 0 spiro atoms. The van der Waals surface area contributed by atoms with Crippen molar-refractivity contribution in [2.45, 2.75) is 26.8 Å². The van der Waals surface area contributed by atoms with Crippen molar-refractivity contribution in [2.75, 3.05) is 13.7 Å². The van der Waals surface area contributed by atoms with Gasteiger partial charge in [0.1, 0.15) is 11.6 Å². The Labute approximate surface area is 126 Å². The molecule has 0 aliphatic heterocycles. The van der Waals surface area contributed by atoms with Crippen LogP contribution in [0.1, 0.15) is 24.5 Å². The summed E-state index contributed by atoms with van der Waals surface area (Å²) in [6, 6.07) is 11.0. The molecular formula is C18H22FNO. The Bertz CT molecular complexity index is 610. The molecular weight excluding hydrogens is 265 g/mol. The Kier molecular flexibility index (Phi) is 5.34. The highest BCUT2D eigenvalue weighted by molar-refractivity contribution is 5.69. The van der Waals surface area contributed by atoms with E-state index in [1.807, 2.05) is 31.2 Å². The van der Waals surface area contributed by atoms with E-state index in [1.165, 1.54) is 6.07 Å². The molecule has 0 amide bonds. The Hall–Kier alpha value is -1.87. The van der Waals surface area contributed by atoms with E-state index in [-0.39, 0.29) is 5.82 Å². The van der Waals surface area contributed by atoms with Crippen LogP contribution < -0.4 is 10.1 Å². The number of methoxy groups -OCH3 is 1. The van der Waals surface area contributed by atoms with Gasteiger partial charge in [0.2, 0.25) is 0 Å². The van der Waals surface area contributed by atoms with Crippen LogP contribution in [-0.4, -0.2) is 13.7 Å². The third kappa shape index (κ3) is 3.82. The van der Waals surface area contributed by atoms with Gasteiger partial charge in [-0.2, -0.15) is 0 Å². The van der Waals surface area contributed by atoms with Gasteiger partial charge in [0, 0.05) is 12.1 Å². The number of halogens is 1. The zero-order chi connectivity index (χ0) is 15.2. The van der Waals surface area contributed by atoms with Crippen LogP contribution in [0.2, 0.25) is 0 Å². The van der Waals surface area contributed by atoms with Gasteiger partial charge < -0.3 is 10.1 Å². The SMILES string of the molecule is CCCNCc1cc(OC)ccc1-c1cc(C)ccc1F. The lowest BCUT2D eigenvalue weighted by Crippen LogP contribution is -2.14. The molecule has 0 aromatic heterocycles. The predicted molar refractivity (Wildman–Crippen MR) is 85.1 cm³/mol. The molecule has 0 aliphatic carbocycles. The van der Waals surface area contributed by atoms with Crippen molar-refractivity contribution in [3.8, 4) is 16.9 Å². The monoisotopic (exact) mass is 287 g/mol. The third-order valence-electron chi connectivity index (χ3n) is 3.47. The van der Waals surface area contributed by atoms with Gasteiger partial charge in [0.15, 0.2) is 0 Å². The van der Waals surface area contributed by atoms with Crippen LogP contribution in [0.3, 0.4) is 0 Å². The molecule has 0 saturated heterocycles. The Morgan fingerprint density at radius 3 is 2.62 bits per heavy atom. The molecule has 0 radical (unpaired) electrons. The highest BCUT2D eigenvalue weighted by Gasteiger charge is 2.11. The summed E-state index contributed by atoms with van der Waals surface area (Å²) < 4.78 is 19.4. The average molecular weight is 287 g/mol. The number of aryl methyl sites for hydroxylation is 1. The minimum atomic E-state index is -0.192. The van der Waals surface area contributed by atoms with Crippen LogP contribution in [0.25, 0.3) is 11.1 Å². The number of ether oxygens (including phenoxy) is 1. The second-order valence-electron chi connectivity index (χ2n) is 5.18. The fraction of sp³-hybridized carbons (Fsp3) is 0.333. The third-order valence-corrected chi connectivity index (χ3v) is 3.47. The first-order valence-electron chi connectivity index (χ1n) is 7.30. The van der Waals surface area contributed by atoms with Gasteiger partial charge in [-0.3, -0.25) is 0 Å². The molecule has 0 unspecified atom stereocenters. The quantitative estimate of drug-likeness (QED) is 0.799. The predicted octanol–water partition coefficient (Wildman–Crippen LogP) is 4.31. The van der Waals surface area contributed by atoms with Crippen molar-refractivity contribution in [1.29, 1.82) is 0 Å². The largest absolute Gasteiger partial charge is 0.497 e. The van der Waals surface area contributed by atoms with Crippen molar-refractivity contribution < 1.29 is 9.13 Å². The summed E-state index contributed by atoms with van der Waals surface area (Å²) in [4.78, 5) is 0. The van der Waals surface area contributed by atoms with Crippen molar-refractivity contribution in [1.82, 2.24) is 5.32 Å². The summed E-state index contributed by atoms with van der Waals surface area (Å²) in [5.41, 5.74) is 3.66. The van der Waals surface area contributed by atoms with E-state index in [1.54, 1.807) is 13.2 Å². The van der Waals surface area contributed by atoms with E-state index < -0.39 is 0 Å². The van der Waals surface area contributed by atoms with Gasteiger partial charge in [0.05, 0.1) is 7.11 Å². The van der Waals surface area contributed by atoms with Gasteiger partial charge in [-0.05, 0) is 55.3 Å². The minimum absolute atomic E-state index is 0.192. The van der Waals surface area contributed by atoms with Crippen molar-refractivity contribution in [3.63, 3.8) is 0 Å². The molecule has 2 nitrogen and oxygen atoms in total. The lowest BCUT2D eigenvalue weighted by Gasteiger charge is -2.14. The summed E-state index contributed by atoms with van der Waals surface area (Å²) in [5.74, 6) is 0.600. The second-order valence-corrected chi connectivity index (χ2v) is 5.18. The second kappa shape index (κ2) is 7.23. The molecule has 0 heterocycles. The number of rotatable bonds is 6. The average Bonchev–Trinajstić information content (AvgIpc) is 2.50. The summed E-state index contributed by atoms with van der Waals surface area (Å²) >= 11 is 0. The maximum absolute atomic E-state index is 14.2. The number of hydrogen-bond donors (Lipinski definition) is 1.